The number of ether oxygens (including phenoxy) is 1. The first-order valence-corrected chi connectivity index (χ1v) is 7.50. The van der Waals surface area contributed by atoms with Crippen molar-refractivity contribution < 1.29 is 9.26 Å². The van der Waals surface area contributed by atoms with Crippen LogP contribution in [-0.4, -0.2) is 29.9 Å². The molecule has 20 heavy (non-hydrogen) atoms. The lowest BCUT2D eigenvalue weighted by Crippen LogP contribution is -2.24. The van der Waals surface area contributed by atoms with Gasteiger partial charge in [-0.15, -0.1) is 11.8 Å². The summed E-state index contributed by atoms with van der Waals surface area (Å²) < 4.78 is 10.4. The maximum atomic E-state index is 5.84. The van der Waals surface area contributed by atoms with Crippen molar-refractivity contribution in [2.75, 3.05) is 13.7 Å². The number of methoxy groups -OCH3 is 1. The minimum Gasteiger partial charge on any atom is -0.380 e. The number of rotatable bonds is 7. The van der Waals surface area contributed by atoms with E-state index in [1.54, 1.807) is 18.9 Å². The molecular formula is C13H16ClN3O2S. The zero-order valence-electron chi connectivity index (χ0n) is 11.1. The third kappa shape index (κ3) is 4.49. The van der Waals surface area contributed by atoms with Crippen molar-refractivity contribution in [3.8, 4) is 0 Å². The van der Waals surface area contributed by atoms with Crippen molar-refractivity contribution in [2.24, 2.45) is 5.73 Å². The van der Waals surface area contributed by atoms with Gasteiger partial charge in [-0.25, -0.2) is 0 Å². The van der Waals surface area contributed by atoms with E-state index in [1.807, 2.05) is 24.3 Å². The first-order valence-electron chi connectivity index (χ1n) is 6.14. The fraction of sp³-hybridized carbons (Fsp3) is 0.385. The van der Waals surface area contributed by atoms with Gasteiger partial charge in [-0.2, -0.15) is 4.98 Å². The zero-order chi connectivity index (χ0) is 14.4. The topological polar surface area (TPSA) is 74.2 Å². The largest absolute Gasteiger partial charge is 0.380 e. The first kappa shape index (κ1) is 15.3. The summed E-state index contributed by atoms with van der Waals surface area (Å²) in [6.45, 7) is 0.424. The summed E-state index contributed by atoms with van der Waals surface area (Å²) in [5.74, 6) is 1.85. The molecule has 0 radical (unpaired) electrons. The molecule has 0 amide bonds. The number of hydrogen-bond donors (Lipinski definition) is 1. The van der Waals surface area contributed by atoms with Crippen molar-refractivity contribution in [1.82, 2.24) is 10.1 Å². The highest BCUT2D eigenvalue weighted by molar-refractivity contribution is 7.98. The molecule has 1 aromatic heterocycles. The van der Waals surface area contributed by atoms with Crippen LogP contribution in [0.25, 0.3) is 0 Å². The van der Waals surface area contributed by atoms with E-state index in [0.29, 0.717) is 30.4 Å². The van der Waals surface area contributed by atoms with Crippen molar-refractivity contribution >= 4 is 23.4 Å². The van der Waals surface area contributed by atoms with E-state index < -0.39 is 0 Å². The third-order valence-electron chi connectivity index (χ3n) is 2.69. The van der Waals surface area contributed by atoms with Crippen LogP contribution in [0.2, 0.25) is 5.02 Å². The monoisotopic (exact) mass is 313 g/mol. The zero-order valence-corrected chi connectivity index (χ0v) is 12.7. The Hall–Kier alpha value is -1.08. The smallest absolute Gasteiger partial charge is 0.229 e. The van der Waals surface area contributed by atoms with E-state index in [1.165, 1.54) is 0 Å². The van der Waals surface area contributed by atoms with Crippen LogP contribution >= 0.6 is 23.4 Å². The molecule has 2 N–H and O–H groups in total. The highest BCUT2D eigenvalue weighted by atomic mass is 35.5. The van der Waals surface area contributed by atoms with Gasteiger partial charge in [-0.05, 0) is 24.3 Å². The van der Waals surface area contributed by atoms with Crippen LogP contribution in [0.15, 0.2) is 33.7 Å². The Bertz CT molecular complexity index is 529. The molecule has 0 aliphatic heterocycles. The molecule has 0 saturated heterocycles. The molecule has 108 valence electrons. The normalized spacial score (nSPS) is 12.6. The van der Waals surface area contributed by atoms with E-state index in [-0.39, 0.29) is 6.10 Å². The predicted molar refractivity (Wildman–Crippen MR) is 78.9 cm³/mol. The molecule has 0 bridgehead atoms. The van der Waals surface area contributed by atoms with E-state index in [4.69, 9.17) is 26.6 Å². The second-order valence-corrected chi connectivity index (χ2v) is 5.63. The predicted octanol–water partition coefficient (Wildman–Crippen LogP) is 2.53. The van der Waals surface area contributed by atoms with Crippen LogP contribution in [0.1, 0.15) is 11.7 Å². The quantitative estimate of drug-likeness (QED) is 0.792. The molecule has 0 aliphatic carbocycles. The molecule has 2 rings (SSSR count). The number of nitrogens with two attached hydrogens (primary N) is 1. The highest BCUT2D eigenvalue weighted by Crippen LogP contribution is 2.23. The highest BCUT2D eigenvalue weighted by Gasteiger charge is 2.12. The Morgan fingerprint density at radius 1 is 1.40 bits per heavy atom. The maximum Gasteiger partial charge on any atom is 0.229 e. The Balaban J connectivity index is 1.87. The number of thioether (sulfide) groups is 1. The summed E-state index contributed by atoms with van der Waals surface area (Å²) in [6.07, 6.45) is 0.443. The fourth-order valence-corrected chi connectivity index (χ4v) is 2.44. The van der Waals surface area contributed by atoms with E-state index in [0.717, 1.165) is 9.92 Å². The van der Waals surface area contributed by atoms with Gasteiger partial charge in [0.2, 0.25) is 5.89 Å². The number of nitrogens with zero attached hydrogens (tertiary/aromatic N) is 2. The second-order valence-electron chi connectivity index (χ2n) is 4.14. The summed E-state index contributed by atoms with van der Waals surface area (Å²) >= 11 is 7.46. The first-order chi connectivity index (χ1) is 9.71. The minimum atomic E-state index is -0.0905. The molecule has 2 aromatic rings. The SMILES string of the molecule is COC(CN)Cc1nc(CSc2ccc(Cl)cc2)no1. The van der Waals surface area contributed by atoms with Crippen LogP contribution in [0.5, 0.6) is 0 Å². The molecule has 1 unspecified atom stereocenters. The lowest BCUT2D eigenvalue weighted by molar-refractivity contribution is 0.102. The van der Waals surface area contributed by atoms with Crippen molar-refractivity contribution in [1.29, 1.82) is 0 Å². The Kier molecular flexibility index (Phi) is 5.85. The van der Waals surface area contributed by atoms with Gasteiger partial charge in [0.05, 0.1) is 18.3 Å². The summed E-state index contributed by atoms with van der Waals surface area (Å²) in [6, 6.07) is 7.64. The second kappa shape index (κ2) is 7.64. The molecule has 0 fully saturated rings. The van der Waals surface area contributed by atoms with Gasteiger partial charge in [0.25, 0.3) is 0 Å². The van der Waals surface area contributed by atoms with Gasteiger partial charge in [0, 0.05) is 23.6 Å². The standard InChI is InChI=1S/C13H16ClN3O2S/c1-18-10(7-15)6-13-16-12(17-19-13)8-20-11-4-2-9(14)3-5-11/h2-5,10H,6-8,15H2,1H3. The van der Waals surface area contributed by atoms with Crippen molar-refractivity contribution in [3.05, 3.63) is 41.0 Å². The van der Waals surface area contributed by atoms with Gasteiger partial charge in [0.1, 0.15) is 0 Å². The lowest BCUT2D eigenvalue weighted by Gasteiger charge is -2.08. The number of aromatic nitrogens is 2. The van der Waals surface area contributed by atoms with Crippen LogP contribution < -0.4 is 5.73 Å². The minimum absolute atomic E-state index is 0.0905. The maximum absolute atomic E-state index is 5.84. The van der Waals surface area contributed by atoms with E-state index in [9.17, 15) is 0 Å². The van der Waals surface area contributed by atoms with Crippen molar-refractivity contribution in [2.45, 2.75) is 23.2 Å². The number of benzene rings is 1. The Labute approximate surface area is 126 Å². The van der Waals surface area contributed by atoms with E-state index >= 15 is 0 Å². The third-order valence-corrected chi connectivity index (χ3v) is 3.95. The molecule has 7 heteroatoms. The van der Waals surface area contributed by atoms with Gasteiger partial charge in [0.15, 0.2) is 5.82 Å². The summed E-state index contributed by atoms with van der Waals surface area (Å²) in [7, 11) is 1.62. The molecular weight excluding hydrogens is 298 g/mol. The van der Waals surface area contributed by atoms with Gasteiger partial charge in [-0.3, -0.25) is 0 Å². The molecule has 0 aliphatic rings. The summed E-state index contributed by atoms with van der Waals surface area (Å²) in [5.41, 5.74) is 5.56. The van der Waals surface area contributed by atoms with Gasteiger partial charge in [-0.1, -0.05) is 16.8 Å². The fourth-order valence-electron chi connectivity index (χ4n) is 1.57. The van der Waals surface area contributed by atoms with Gasteiger partial charge >= 0.3 is 0 Å². The molecule has 0 saturated carbocycles. The number of halogens is 1. The van der Waals surface area contributed by atoms with Crippen molar-refractivity contribution in [3.63, 3.8) is 0 Å². The summed E-state index contributed by atoms with van der Waals surface area (Å²) in [4.78, 5) is 5.43. The Morgan fingerprint density at radius 2 is 2.15 bits per heavy atom. The van der Waals surface area contributed by atoms with Crippen LogP contribution in [-0.2, 0) is 16.9 Å². The molecule has 0 spiro atoms. The average molecular weight is 314 g/mol. The van der Waals surface area contributed by atoms with Crippen LogP contribution in [0.4, 0.5) is 0 Å². The van der Waals surface area contributed by atoms with E-state index in [2.05, 4.69) is 10.1 Å². The lowest BCUT2D eigenvalue weighted by atomic mass is 10.2. The molecule has 1 heterocycles. The molecule has 1 atom stereocenters. The summed E-state index contributed by atoms with van der Waals surface area (Å²) in [5, 5.41) is 4.67. The number of hydrogen-bond acceptors (Lipinski definition) is 6. The van der Waals surface area contributed by atoms with Crippen LogP contribution in [0.3, 0.4) is 0 Å². The van der Waals surface area contributed by atoms with Gasteiger partial charge < -0.3 is 15.0 Å². The Morgan fingerprint density at radius 3 is 2.80 bits per heavy atom. The molecule has 1 aromatic carbocycles. The molecule has 5 nitrogen and oxygen atoms in total. The average Bonchev–Trinajstić information content (AvgIpc) is 2.92. The van der Waals surface area contributed by atoms with Crippen LogP contribution in [0, 0.1) is 0 Å².